The lowest BCUT2D eigenvalue weighted by molar-refractivity contribution is 0.551. The third-order valence-electron chi connectivity index (χ3n) is 1.23. The fourth-order valence-corrected chi connectivity index (χ4v) is 1.16. The maximum atomic E-state index is 4.84. The Kier molecular flexibility index (Phi) is 2.04. The zero-order valence-corrected chi connectivity index (χ0v) is 7.23. The number of nitrogens with zero attached hydrogens (tertiary/aromatic N) is 1. The highest BCUT2D eigenvalue weighted by molar-refractivity contribution is 7.93. The van der Waals surface area contributed by atoms with Crippen LogP contribution in [0.25, 0.3) is 0 Å². The number of hydrogen-bond donors (Lipinski definition) is 0. The topological polar surface area (TPSA) is 21.6 Å². The van der Waals surface area contributed by atoms with E-state index in [4.69, 9.17) is 4.18 Å². The molecule has 3 heteroatoms. The molecule has 0 radical (unpaired) electrons. The largest absolute Gasteiger partial charge is 0.412 e. The fraction of sp³-hybridized carbons (Fsp3) is 0.571. The maximum Gasteiger partial charge on any atom is 0.201 e. The van der Waals surface area contributed by atoms with Crippen LogP contribution in [0, 0.1) is 5.41 Å². The van der Waals surface area contributed by atoms with Gasteiger partial charge in [-0.1, -0.05) is 20.8 Å². The van der Waals surface area contributed by atoms with Crippen LogP contribution in [0.2, 0.25) is 0 Å². The summed E-state index contributed by atoms with van der Waals surface area (Å²) >= 11 is 1.13. The van der Waals surface area contributed by atoms with Crippen LogP contribution < -0.4 is 0 Å². The molecule has 0 aliphatic carbocycles. The maximum absolute atomic E-state index is 4.84. The molecule has 0 aromatic rings. The molecule has 0 bridgehead atoms. The molecule has 56 valence electrons. The second-order valence-electron chi connectivity index (χ2n) is 3.20. The van der Waals surface area contributed by atoms with Gasteiger partial charge in [0.1, 0.15) is 6.26 Å². The van der Waals surface area contributed by atoms with E-state index in [-0.39, 0.29) is 5.41 Å². The van der Waals surface area contributed by atoms with Gasteiger partial charge in [-0.15, -0.1) is 0 Å². The fourth-order valence-electron chi connectivity index (χ4n) is 0.596. The SMILES string of the molecule is CC(C)(C)C1=NSOC=C1. The van der Waals surface area contributed by atoms with Gasteiger partial charge in [0.05, 0.1) is 5.71 Å². The van der Waals surface area contributed by atoms with E-state index in [1.54, 1.807) is 6.26 Å². The van der Waals surface area contributed by atoms with Crippen molar-refractivity contribution in [1.82, 2.24) is 0 Å². The third kappa shape index (κ3) is 1.77. The standard InChI is InChI=1S/C7H11NOS/c1-7(2,3)6-4-5-9-10-8-6/h4-5H,1-3H3. The van der Waals surface area contributed by atoms with Crippen LogP contribution >= 0.6 is 12.2 Å². The van der Waals surface area contributed by atoms with E-state index < -0.39 is 0 Å². The van der Waals surface area contributed by atoms with Crippen LogP contribution in [0.4, 0.5) is 0 Å². The van der Waals surface area contributed by atoms with Crippen LogP contribution in [0.1, 0.15) is 20.8 Å². The molecule has 0 N–H and O–H groups in total. The first-order valence-electron chi connectivity index (χ1n) is 3.18. The van der Waals surface area contributed by atoms with Crippen molar-refractivity contribution in [1.29, 1.82) is 0 Å². The average molecular weight is 157 g/mol. The smallest absolute Gasteiger partial charge is 0.201 e. The Morgan fingerprint density at radius 1 is 1.50 bits per heavy atom. The van der Waals surface area contributed by atoms with E-state index in [1.165, 1.54) is 0 Å². The van der Waals surface area contributed by atoms with Crippen LogP contribution in [-0.2, 0) is 4.18 Å². The predicted octanol–water partition coefficient (Wildman–Crippen LogP) is 2.58. The molecular weight excluding hydrogens is 146 g/mol. The molecule has 0 amide bonds. The molecule has 1 aliphatic heterocycles. The van der Waals surface area contributed by atoms with Gasteiger partial charge in [0.25, 0.3) is 0 Å². The van der Waals surface area contributed by atoms with E-state index >= 15 is 0 Å². The van der Waals surface area contributed by atoms with Crippen molar-refractivity contribution in [3.8, 4) is 0 Å². The lowest BCUT2D eigenvalue weighted by atomic mass is 9.90. The van der Waals surface area contributed by atoms with Gasteiger partial charge in [0.15, 0.2) is 0 Å². The molecule has 2 nitrogen and oxygen atoms in total. The van der Waals surface area contributed by atoms with E-state index in [1.807, 2.05) is 6.08 Å². The first-order chi connectivity index (χ1) is 4.61. The predicted molar refractivity (Wildman–Crippen MR) is 44.7 cm³/mol. The molecule has 0 spiro atoms. The number of allylic oxidation sites excluding steroid dienone is 1. The average Bonchev–Trinajstić information content (AvgIpc) is 1.88. The summed E-state index contributed by atoms with van der Waals surface area (Å²) in [5, 5.41) is 0. The first-order valence-corrected chi connectivity index (χ1v) is 3.88. The van der Waals surface area contributed by atoms with Crippen LogP contribution in [0.15, 0.2) is 16.7 Å². The zero-order valence-electron chi connectivity index (χ0n) is 6.42. The number of hydrogen-bond acceptors (Lipinski definition) is 3. The molecule has 0 aromatic carbocycles. The van der Waals surface area contributed by atoms with Crippen LogP contribution in [0.3, 0.4) is 0 Å². The summed E-state index contributed by atoms with van der Waals surface area (Å²) in [6, 6.07) is 0. The highest BCUT2D eigenvalue weighted by atomic mass is 32.2. The lowest BCUT2D eigenvalue weighted by Crippen LogP contribution is -2.18. The Bertz CT molecular complexity index is 179. The Labute approximate surface area is 65.7 Å². The van der Waals surface area contributed by atoms with E-state index in [0.29, 0.717) is 0 Å². The molecule has 1 aliphatic rings. The quantitative estimate of drug-likeness (QED) is 0.398. The van der Waals surface area contributed by atoms with E-state index in [9.17, 15) is 0 Å². The summed E-state index contributed by atoms with van der Waals surface area (Å²) in [7, 11) is 0. The normalized spacial score (nSPS) is 18.1. The van der Waals surface area contributed by atoms with Gasteiger partial charge in [-0.2, -0.15) is 4.40 Å². The Hall–Kier alpha value is -0.440. The van der Waals surface area contributed by atoms with Gasteiger partial charge in [-0.05, 0) is 6.08 Å². The molecule has 0 saturated heterocycles. The second kappa shape index (κ2) is 2.66. The second-order valence-corrected chi connectivity index (χ2v) is 3.72. The molecule has 0 fully saturated rings. The highest BCUT2D eigenvalue weighted by Gasteiger charge is 2.18. The molecule has 0 atom stereocenters. The summed E-state index contributed by atoms with van der Waals surface area (Å²) in [4.78, 5) is 0. The van der Waals surface area contributed by atoms with Gasteiger partial charge in [0.2, 0.25) is 12.2 Å². The van der Waals surface area contributed by atoms with Crippen molar-refractivity contribution in [2.24, 2.45) is 9.81 Å². The first kappa shape index (κ1) is 7.66. The van der Waals surface area contributed by atoms with E-state index in [2.05, 4.69) is 25.2 Å². The highest BCUT2D eigenvalue weighted by Crippen LogP contribution is 2.23. The van der Waals surface area contributed by atoms with Crippen molar-refractivity contribution in [2.45, 2.75) is 20.8 Å². The van der Waals surface area contributed by atoms with Crippen LogP contribution in [0.5, 0.6) is 0 Å². The third-order valence-corrected chi connectivity index (χ3v) is 1.70. The monoisotopic (exact) mass is 157 g/mol. The molecule has 0 aromatic heterocycles. The van der Waals surface area contributed by atoms with Gasteiger partial charge < -0.3 is 4.18 Å². The lowest BCUT2D eigenvalue weighted by Gasteiger charge is -2.19. The Morgan fingerprint density at radius 2 is 2.20 bits per heavy atom. The van der Waals surface area contributed by atoms with Crippen molar-refractivity contribution < 1.29 is 4.18 Å². The molecular formula is C7H11NOS. The molecule has 1 heterocycles. The van der Waals surface area contributed by atoms with Gasteiger partial charge in [-0.3, -0.25) is 0 Å². The molecule has 10 heavy (non-hydrogen) atoms. The van der Waals surface area contributed by atoms with Crippen molar-refractivity contribution in [2.75, 3.05) is 0 Å². The van der Waals surface area contributed by atoms with E-state index in [0.717, 1.165) is 17.9 Å². The summed E-state index contributed by atoms with van der Waals surface area (Å²) in [6.07, 6.45) is 3.56. The van der Waals surface area contributed by atoms with Gasteiger partial charge >= 0.3 is 0 Å². The summed E-state index contributed by atoms with van der Waals surface area (Å²) < 4.78 is 8.97. The van der Waals surface area contributed by atoms with Gasteiger partial charge in [0, 0.05) is 5.41 Å². The number of rotatable bonds is 0. The minimum absolute atomic E-state index is 0.132. The van der Waals surface area contributed by atoms with Gasteiger partial charge in [-0.25, -0.2) is 0 Å². The summed E-state index contributed by atoms with van der Waals surface area (Å²) in [5.41, 5.74) is 1.21. The minimum Gasteiger partial charge on any atom is -0.412 e. The summed E-state index contributed by atoms with van der Waals surface area (Å²) in [5.74, 6) is 0. The molecule has 1 rings (SSSR count). The van der Waals surface area contributed by atoms with Crippen molar-refractivity contribution >= 4 is 17.9 Å². The van der Waals surface area contributed by atoms with Crippen LogP contribution in [-0.4, -0.2) is 5.71 Å². The molecule has 0 saturated carbocycles. The molecule has 0 unspecified atom stereocenters. The Balaban J connectivity index is 2.73. The Morgan fingerprint density at radius 3 is 2.50 bits per heavy atom. The van der Waals surface area contributed by atoms with Crippen molar-refractivity contribution in [3.63, 3.8) is 0 Å². The summed E-state index contributed by atoms with van der Waals surface area (Å²) in [6.45, 7) is 6.38. The zero-order chi connectivity index (χ0) is 7.61. The minimum atomic E-state index is 0.132. The van der Waals surface area contributed by atoms with Crippen molar-refractivity contribution in [3.05, 3.63) is 12.3 Å².